The van der Waals surface area contributed by atoms with Gasteiger partial charge in [0.15, 0.2) is 0 Å². The van der Waals surface area contributed by atoms with Gasteiger partial charge in [-0.2, -0.15) is 0 Å². The summed E-state index contributed by atoms with van der Waals surface area (Å²) in [6, 6.07) is 0. The van der Waals surface area contributed by atoms with Crippen LogP contribution in [0.1, 0.15) is 116 Å². The van der Waals surface area contributed by atoms with Crippen molar-refractivity contribution in [2.75, 3.05) is 13.2 Å². The predicted octanol–water partition coefficient (Wildman–Crippen LogP) is 5.27. The minimum absolute atomic E-state index is 0.147. The highest BCUT2D eigenvalue weighted by Crippen LogP contribution is 2.25. The maximum absolute atomic E-state index is 10.5. The zero-order valence-electron chi connectivity index (χ0n) is 18.5. The minimum Gasteiger partial charge on any atom is -0.396 e. The van der Waals surface area contributed by atoms with Crippen molar-refractivity contribution in [2.24, 2.45) is 0 Å². The summed E-state index contributed by atoms with van der Waals surface area (Å²) in [5.74, 6) is 0. The molecule has 0 saturated carbocycles. The number of rotatable bonds is 21. The van der Waals surface area contributed by atoms with Crippen molar-refractivity contribution in [3.05, 3.63) is 12.2 Å². The van der Waals surface area contributed by atoms with Crippen LogP contribution in [0.5, 0.6) is 0 Å². The van der Waals surface area contributed by atoms with Gasteiger partial charge in [0, 0.05) is 19.6 Å². The van der Waals surface area contributed by atoms with E-state index >= 15 is 0 Å². The number of hydrogen-bond acceptors (Lipinski definition) is 4. The monoisotopic (exact) mass is 400 g/mol. The summed E-state index contributed by atoms with van der Waals surface area (Å²) < 4.78 is 0. The molecule has 4 N–H and O–H groups in total. The van der Waals surface area contributed by atoms with Crippen LogP contribution >= 0.6 is 0 Å². The van der Waals surface area contributed by atoms with Gasteiger partial charge in [0.05, 0.1) is 11.7 Å². The largest absolute Gasteiger partial charge is 0.396 e. The molecule has 2 atom stereocenters. The molecule has 0 rings (SSSR count). The first-order valence-corrected chi connectivity index (χ1v) is 11.9. The molecule has 0 aliphatic heterocycles. The van der Waals surface area contributed by atoms with E-state index in [1.54, 1.807) is 0 Å². The zero-order valence-corrected chi connectivity index (χ0v) is 18.5. The molecule has 0 amide bonds. The lowest BCUT2D eigenvalue weighted by Gasteiger charge is -2.32. The van der Waals surface area contributed by atoms with Gasteiger partial charge in [-0.3, -0.25) is 0 Å². The first kappa shape index (κ1) is 27.6. The number of aliphatic hydroxyl groups excluding tert-OH is 3. The van der Waals surface area contributed by atoms with E-state index < -0.39 is 11.7 Å². The van der Waals surface area contributed by atoms with Gasteiger partial charge in [-0.05, 0) is 38.5 Å². The van der Waals surface area contributed by atoms with E-state index in [-0.39, 0.29) is 26.1 Å². The van der Waals surface area contributed by atoms with Crippen LogP contribution in [0.3, 0.4) is 0 Å². The Morgan fingerprint density at radius 2 is 1.18 bits per heavy atom. The molecule has 0 heterocycles. The Labute approximate surface area is 174 Å². The summed E-state index contributed by atoms with van der Waals surface area (Å²) in [7, 11) is 0. The summed E-state index contributed by atoms with van der Waals surface area (Å²) in [4.78, 5) is 0. The molecule has 0 aliphatic carbocycles. The van der Waals surface area contributed by atoms with Crippen LogP contribution in [0.4, 0.5) is 0 Å². The van der Waals surface area contributed by atoms with Crippen LogP contribution in [0.15, 0.2) is 12.2 Å². The molecular formula is C24H48O4. The Morgan fingerprint density at radius 3 is 1.68 bits per heavy atom. The lowest BCUT2D eigenvalue weighted by atomic mass is 9.85. The van der Waals surface area contributed by atoms with Crippen LogP contribution in [-0.4, -0.2) is 45.3 Å². The topological polar surface area (TPSA) is 80.9 Å². The lowest BCUT2D eigenvalue weighted by molar-refractivity contribution is -0.100. The zero-order chi connectivity index (χ0) is 20.9. The van der Waals surface area contributed by atoms with Crippen molar-refractivity contribution < 1.29 is 20.4 Å². The van der Waals surface area contributed by atoms with Crippen molar-refractivity contribution >= 4 is 0 Å². The van der Waals surface area contributed by atoms with Crippen LogP contribution in [0.25, 0.3) is 0 Å². The summed E-state index contributed by atoms with van der Waals surface area (Å²) in [6.45, 7) is 1.96. The predicted molar refractivity (Wildman–Crippen MR) is 118 cm³/mol. The quantitative estimate of drug-likeness (QED) is 0.156. The number of hydrogen-bond donors (Lipinski definition) is 4. The third kappa shape index (κ3) is 15.5. The maximum Gasteiger partial charge on any atom is 0.0928 e. The maximum atomic E-state index is 10.5. The molecule has 0 fully saturated rings. The van der Waals surface area contributed by atoms with Crippen molar-refractivity contribution in [3.63, 3.8) is 0 Å². The Balaban J connectivity index is 3.54. The Morgan fingerprint density at radius 1 is 0.679 bits per heavy atom. The second kappa shape index (κ2) is 19.9. The van der Waals surface area contributed by atoms with Crippen LogP contribution < -0.4 is 0 Å². The summed E-state index contributed by atoms with van der Waals surface area (Å²) in [5.41, 5.74) is -1.27. The molecule has 0 spiro atoms. The summed E-state index contributed by atoms with van der Waals surface area (Å²) >= 11 is 0. The number of allylic oxidation sites excluding steroid dienone is 2. The highest BCUT2D eigenvalue weighted by atomic mass is 16.3. The Kier molecular flexibility index (Phi) is 19.6. The summed E-state index contributed by atoms with van der Waals surface area (Å²) in [5, 5.41) is 38.6. The molecule has 0 aromatic rings. The molecule has 0 saturated heterocycles. The van der Waals surface area contributed by atoms with Gasteiger partial charge in [0.25, 0.3) is 0 Å². The number of aliphatic hydroxyl groups is 4. The van der Waals surface area contributed by atoms with Crippen molar-refractivity contribution in [1.29, 1.82) is 0 Å². The highest BCUT2D eigenvalue weighted by Gasteiger charge is 2.33. The average molecular weight is 401 g/mol. The molecule has 0 aromatic heterocycles. The Bertz CT molecular complexity index is 345. The molecule has 0 aliphatic rings. The standard InChI is InChI=1S/C24H48O4/c1-2-3-4-5-6-7-8-9-10-11-12-13-14-15-16-17-19-24(28,20-22-26)23(27)18-21-25/h9-10,23,25-28H,2-8,11-22H2,1H3/b10-9-. The first-order chi connectivity index (χ1) is 13.6. The van der Waals surface area contributed by atoms with Crippen LogP contribution in [0, 0.1) is 0 Å². The SMILES string of the molecule is CCCCCCCC/C=C\CCCCCCCCC(O)(CCO)C(O)CCO. The van der Waals surface area contributed by atoms with Crippen molar-refractivity contribution in [3.8, 4) is 0 Å². The molecule has 168 valence electrons. The smallest absolute Gasteiger partial charge is 0.0928 e. The third-order valence-electron chi connectivity index (χ3n) is 5.69. The van der Waals surface area contributed by atoms with E-state index in [1.807, 2.05) is 0 Å². The van der Waals surface area contributed by atoms with Crippen molar-refractivity contribution in [2.45, 2.75) is 128 Å². The minimum atomic E-state index is -1.27. The molecule has 0 aromatic carbocycles. The van der Waals surface area contributed by atoms with E-state index in [1.165, 1.54) is 70.6 Å². The van der Waals surface area contributed by atoms with E-state index in [4.69, 9.17) is 10.2 Å². The molecule has 4 nitrogen and oxygen atoms in total. The summed E-state index contributed by atoms with van der Waals surface area (Å²) in [6.07, 6.45) is 21.8. The van der Waals surface area contributed by atoms with Gasteiger partial charge in [-0.25, -0.2) is 0 Å². The molecule has 0 radical (unpaired) electrons. The third-order valence-corrected chi connectivity index (χ3v) is 5.69. The van der Waals surface area contributed by atoms with Gasteiger partial charge in [0.1, 0.15) is 0 Å². The molecule has 2 unspecified atom stereocenters. The second-order valence-corrected chi connectivity index (χ2v) is 8.29. The lowest BCUT2D eigenvalue weighted by Crippen LogP contribution is -2.43. The molecule has 28 heavy (non-hydrogen) atoms. The fraction of sp³-hybridized carbons (Fsp3) is 0.917. The van der Waals surface area contributed by atoms with Gasteiger partial charge >= 0.3 is 0 Å². The van der Waals surface area contributed by atoms with Gasteiger partial charge in [-0.15, -0.1) is 0 Å². The second-order valence-electron chi connectivity index (χ2n) is 8.29. The van der Waals surface area contributed by atoms with E-state index in [0.29, 0.717) is 6.42 Å². The molecule has 0 bridgehead atoms. The van der Waals surface area contributed by atoms with Crippen LogP contribution in [-0.2, 0) is 0 Å². The highest BCUT2D eigenvalue weighted by molar-refractivity contribution is 4.86. The fourth-order valence-electron chi connectivity index (χ4n) is 3.72. The van der Waals surface area contributed by atoms with Gasteiger partial charge < -0.3 is 20.4 Å². The fourth-order valence-corrected chi connectivity index (χ4v) is 3.72. The van der Waals surface area contributed by atoms with Gasteiger partial charge in [-0.1, -0.05) is 83.3 Å². The van der Waals surface area contributed by atoms with Crippen LogP contribution in [0.2, 0.25) is 0 Å². The van der Waals surface area contributed by atoms with E-state index in [2.05, 4.69) is 19.1 Å². The number of unbranched alkanes of at least 4 members (excludes halogenated alkanes) is 12. The first-order valence-electron chi connectivity index (χ1n) is 11.9. The normalized spacial score (nSPS) is 15.2. The van der Waals surface area contributed by atoms with E-state index in [9.17, 15) is 10.2 Å². The Hall–Kier alpha value is -0.420. The molecular weight excluding hydrogens is 352 g/mol. The van der Waals surface area contributed by atoms with Gasteiger partial charge in [0.2, 0.25) is 0 Å². The molecule has 4 heteroatoms. The van der Waals surface area contributed by atoms with Crippen molar-refractivity contribution in [1.82, 2.24) is 0 Å². The van der Waals surface area contributed by atoms with E-state index in [0.717, 1.165) is 19.3 Å². The average Bonchev–Trinajstić information content (AvgIpc) is 2.68.